The molecule has 0 bridgehead atoms. The molecular formula is C18H19ClN6S2. The van der Waals surface area contributed by atoms with Crippen molar-refractivity contribution >= 4 is 57.7 Å². The standard InChI is InChI=1S/C18H19ClN6S2/c1-20-17(26)24-22-15(12-6-4-3-5-7-12)16(23-25-18(27)21-2)13-8-10-14(19)11-9-13/h3-11H,1-2H3,(H2,20,24,26)(H2,21,25,27)/b22-15+,23-16+. The molecule has 0 radical (unpaired) electrons. The fraction of sp³-hybridized carbons (Fsp3) is 0.111. The number of thiocarbonyl (C=S) groups is 2. The molecule has 2 aromatic carbocycles. The Kier molecular flexibility index (Phi) is 8.12. The second kappa shape index (κ2) is 10.6. The number of benzene rings is 2. The molecule has 0 saturated carbocycles. The molecule has 27 heavy (non-hydrogen) atoms. The average molecular weight is 419 g/mol. The van der Waals surface area contributed by atoms with Crippen LogP contribution in [-0.4, -0.2) is 35.7 Å². The van der Waals surface area contributed by atoms with Crippen molar-refractivity contribution in [3.8, 4) is 0 Å². The van der Waals surface area contributed by atoms with Crippen LogP contribution in [0, 0.1) is 0 Å². The lowest BCUT2D eigenvalue weighted by Gasteiger charge is -2.13. The number of nitrogens with zero attached hydrogens (tertiary/aromatic N) is 2. The Morgan fingerprint density at radius 1 is 0.741 bits per heavy atom. The second-order valence-electron chi connectivity index (χ2n) is 5.18. The first-order valence-electron chi connectivity index (χ1n) is 7.97. The average Bonchev–Trinajstić information content (AvgIpc) is 2.71. The molecular weight excluding hydrogens is 400 g/mol. The van der Waals surface area contributed by atoms with Gasteiger partial charge in [-0.1, -0.05) is 54.1 Å². The smallest absolute Gasteiger partial charge is 0.186 e. The number of hydrogen-bond acceptors (Lipinski definition) is 4. The Labute approximate surface area is 174 Å². The van der Waals surface area contributed by atoms with Crippen molar-refractivity contribution in [1.29, 1.82) is 0 Å². The highest BCUT2D eigenvalue weighted by Crippen LogP contribution is 2.14. The lowest BCUT2D eigenvalue weighted by molar-refractivity contribution is 0.967. The van der Waals surface area contributed by atoms with Gasteiger partial charge in [-0.25, -0.2) is 0 Å². The van der Waals surface area contributed by atoms with Crippen LogP contribution in [0.3, 0.4) is 0 Å². The van der Waals surface area contributed by atoms with Crippen molar-refractivity contribution in [2.45, 2.75) is 0 Å². The van der Waals surface area contributed by atoms with Gasteiger partial charge < -0.3 is 10.6 Å². The molecule has 140 valence electrons. The van der Waals surface area contributed by atoms with Crippen molar-refractivity contribution in [1.82, 2.24) is 21.5 Å². The summed E-state index contributed by atoms with van der Waals surface area (Å²) in [5.74, 6) is 0. The summed E-state index contributed by atoms with van der Waals surface area (Å²) in [5.41, 5.74) is 8.46. The van der Waals surface area contributed by atoms with Gasteiger partial charge in [-0.05, 0) is 36.6 Å². The summed E-state index contributed by atoms with van der Waals surface area (Å²) in [5, 5.41) is 16.0. The number of nitrogens with one attached hydrogen (secondary N) is 4. The molecule has 2 rings (SSSR count). The molecule has 0 saturated heterocycles. The Bertz CT molecular complexity index is 850. The van der Waals surface area contributed by atoms with E-state index in [2.05, 4.69) is 31.7 Å². The highest BCUT2D eigenvalue weighted by molar-refractivity contribution is 7.80. The zero-order valence-corrected chi connectivity index (χ0v) is 17.2. The van der Waals surface area contributed by atoms with Crippen LogP contribution in [0.4, 0.5) is 0 Å². The van der Waals surface area contributed by atoms with Crippen molar-refractivity contribution in [3.05, 3.63) is 70.7 Å². The maximum Gasteiger partial charge on any atom is 0.186 e. The third-order valence-corrected chi connectivity index (χ3v) is 4.22. The van der Waals surface area contributed by atoms with Crippen LogP contribution in [0.15, 0.2) is 64.8 Å². The summed E-state index contributed by atoms with van der Waals surface area (Å²) in [4.78, 5) is 0. The Morgan fingerprint density at radius 3 is 1.63 bits per heavy atom. The predicted molar refractivity (Wildman–Crippen MR) is 121 cm³/mol. The molecule has 0 aromatic heterocycles. The van der Waals surface area contributed by atoms with Gasteiger partial charge in [0, 0.05) is 30.2 Å². The monoisotopic (exact) mass is 418 g/mol. The summed E-state index contributed by atoms with van der Waals surface area (Å²) in [6.45, 7) is 0. The van der Waals surface area contributed by atoms with E-state index in [9.17, 15) is 0 Å². The molecule has 0 spiro atoms. The quantitative estimate of drug-likeness (QED) is 0.340. The number of rotatable bonds is 5. The molecule has 4 N–H and O–H groups in total. The zero-order chi connectivity index (χ0) is 19.6. The zero-order valence-electron chi connectivity index (χ0n) is 14.8. The second-order valence-corrected chi connectivity index (χ2v) is 6.43. The van der Waals surface area contributed by atoms with Gasteiger partial charge in [0.2, 0.25) is 0 Å². The minimum absolute atomic E-state index is 0.382. The first-order chi connectivity index (χ1) is 13.0. The molecule has 0 heterocycles. The van der Waals surface area contributed by atoms with Crippen molar-refractivity contribution in [2.75, 3.05) is 14.1 Å². The third kappa shape index (κ3) is 6.28. The van der Waals surface area contributed by atoms with Crippen molar-refractivity contribution in [3.63, 3.8) is 0 Å². The summed E-state index contributed by atoms with van der Waals surface area (Å²) in [7, 11) is 3.43. The van der Waals surface area contributed by atoms with Gasteiger partial charge in [0.1, 0.15) is 11.4 Å². The first kappa shape index (κ1) is 20.8. The fourth-order valence-corrected chi connectivity index (χ4v) is 2.25. The number of hydrazone groups is 2. The van der Waals surface area contributed by atoms with Gasteiger partial charge in [0.25, 0.3) is 0 Å². The molecule has 0 unspecified atom stereocenters. The summed E-state index contributed by atoms with van der Waals surface area (Å²) >= 11 is 16.3. The predicted octanol–water partition coefficient (Wildman–Crippen LogP) is 2.64. The van der Waals surface area contributed by atoms with E-state index >= 15 is 0 Å². The van der Waals surface area contributed by atoms with E-state index in [1.165, 1.54) is 0 Å². The highest BCUT2D eigenvalue weighted by Gasteiger charge is 2.16. The molecule has 0 aliphatic carbocycles. The van der Waals surface area contributed by atoms with E-state index in [0.29, 0.717) is 26.7 Å². The summed E-state index contributed by atoms with van der Waals surface area (Å²) in [6.07, 6.45) is 0. The van der Waals surface area contributed by atoms with Gasteiger partial charge in [-0.3, -0.25) is 10.9 Å². The third-order valence-electron chi connectivity index (χ3n) is 3.38. The van der Waals surface area contributed by atoms with E-state index in [4.69, 9.17) is 36.0 Å². The molecule has 9 heteroatoms. The summed E-state index contributed by atoms with van der Waals surface area (Å²) < 4.78 is 0. The molecule has 0 aliphatic rings. The van der Waals surface area contributed by atoms with Crippen LogP contribution in [0.5, 0.6) is 0 Å². The van der Waals surface area contributed by atoms with Gasteiger partial charge in [0.05, 0.1) is 0 Å². The fourth-order valence-electron chi connectivity index (χ4n) is 2.04. The normalized spacial score (nSPS) is 11.5. The molecule has 0 atom stereocenters. The van der Waals surface area contributed by atoms with E-state index in [1.54, 1.807) is 26.2 Å². The summed E-state index contributed by atoms with van der Waals surface area (Å²) in [6, 6.07) is 16.9. The lowest BCUT2D eigenvalue weighted by atomic mass is 10.00. The number of hydrogen-bond donors (Lipinski definition) is 4. The van der Waals surface area contributed by atoms with Gasteiger partial charge >= 0.3 is 0 Å². The van der Waals surface area contributed by atoms with Crippen LogP contribution >= 0.6 is 36.0 Å². The SMILES string of the molecule is CNC(=S)N/N=C(/C(=N/NC(=S)NC)c1ccc(Cl)cc1)c1ccccc1. The topological polar surface area (TPSA) is 72.8 Å². The van der Waals surface area contributed by atoms with Gasteiger partial charge in [-0.15, -0.1) is 0 Å². The molecule has 0 fully saturated rings. The molecule has 0 aliphatic heterocycles. The first-order valence-corrected chi connectivity index (χ1v) is 9.17. The lowest BCUT2D eigenvalue weighted by Crippen LogP contribution is -2.33. The van der Waals surface area contributed by atoms with E-state index < -0.39 is 0 Å². The van der Waals surface area contributed by atoms with E-state index in [1.807, 2.05) is 42.5 Å². The van der Waals surface area contributed by atoms with Gasteiger partial charge in [0.15, 0.2) is 10.2 Å². The Balaban J connectivity index is 2.56. The Hall–Kier alpha value is -2.55. The van der Waals surface area contributed by atoms with E-state index in [-0.39, 0.29) is 0 Å². The molecule has 6 nitrogen and oxygen atoms in total. The maximum absolute atomic E-state index is 6.03. The van der Waals surface area contributed by atoms with Crippen molar-refractivity contribution in [2.24, 2.45) is 10.2 Å². The van der Waals surface area contributed by atoms with Crippen LogP contribution in [0.25, 0.3) is 0 Å². The van der Waals surface area contributed by atoms with Gasteiger partial charge in [-0.2, -0.15) is 10.2 Å². The maximum atomic E-state index is 6.03. The van der Waals surface area contributed by atoms with Crippen LogP contribution < -0.4 is 21.5 Å². The number of halogens is 1. The molecule has 2 aromatic rings. The van der Waals surface area contributed by atoms with Crippen LogP contribution in [0.2, 0.25) is 5.02 Å². The largest absolute Gasteiger partial charge is 0.364 e. The minimum Gasteiger partial charge on any atom is -0.364 e. The minimum atomic E-state index is 0.382. The molecule has 0 amide bonds. The van der Waals surface area contributed by atoms with Crippen LogP contribution in [0.1, 0.15) is 11.1 Å². The Morgan fingerprint density at radius 2 is 1.19 bits per heavy atom. The van der Waals surface area contributed by atoms with Crippen LogP contribution in [-0.2, 0) is 0 Å². The van der Waals surface area contributed by atoms with Crippen molar-refractivity contribution < 1.29 is 0 Å². The highest BCUT2D eigenvalue weighted by atomic mass is 35.5. The van der Waals surface area contributed by atoms with E-state index in [0.717, 1.165) is 11.1 Å².